The minimum Gasteiger partial charge on any atom is -0.333 e. The zero-order valence-corrected chi connectivity index (χ0v) is 17.9. The number of para-hydroxylation sites is 1. The fourth-order valence-electron chi connectivity index (χ4n) is 5.32. The summed E-state index contributed by atoms with van der Waals surface area (Å²) in [6.07, 6.45) is 6.84. The van der Waals surface area contributed by atoms with Crippen molar-refractivity contribution in [3.8, 4) is 0 Å². The molecule has 3 amide bonds. The van der Waals surface area contributed by atoms with Crippen LogP contribution < -0.4 is 0 Å². The Morgan fingerprint density at radius 1 is 1.00 bits per heavy atom. The maximum Gasteiger partial charge on any atom is 0.233 e. The lowest BCUT2D eigenvalue weighted by atomic mass is 9.81. The summed E-state index contributed by atoms with van der Waals surface area (Å²) in [5.41, 5.74) is 0.978. The fraction of sp³-hybridized carbons (Fsp3) is 0.565. The third kappa shape index (κ3) is 3.43. The number of carbonyl (C=O) groups excluding carboxylic acids is 3. The third-order valence-corrected chi connectivity index (χ3v) is 8.04. The Labute approximate surface area is 180 Å². The van der Waals surface area contributed by atoms with Crippen molar-refractivity contribution in [2.45, 2.75) is 57.4 Å². The molecule has 30 heavy (non-hydrogen) atoms. The van der Waals surface area contributed by atoms with Crippen LogP contribution in [-0.2, 0) is 14.4 Å². The average molecular weight is 426 g/mol. The van der Waals surface area contributed by atoms with Crippen LogP contribution in [-0.4, -0.2) is 45.6 Å². The molecule has 3 aliphatic rings. The van der Waals surface area contributed by atoms with E-state index in [1.807, 2.05) is 23.1 Å². The van der Waals surface area contributed by atoms with E-state index in [0.717, 1.165) is 60.2 Å². The second-order valence-corrected chi connectivity index (χ2v) is 9.76. The van der Waals surface area contributed by atoms with Gasteiger partial charge in [0, 0.05) is 19.5 Å². The molecular weight excluding hydrogens is 398 g/mol. The highest BCUT2D eigenvalue weighted by molar-refractivity contribution is 7.18. The first-order valence-electron chi connectivity index (χ1n) is 11.1. The van der Waals surface area contributed by atoms with Crippen LogP contribution in [0.5, 0.6) is 0 Å². The third-order valence-electron chi connectivity index (χ3n) is 6.90. The summed E-state index contributed by atoms with van der Waals surface area (Å²) >= 11 is 1.66. The van der Waals surface area contributed by atoms with E-state index in [-0.39, 0.29) is 48.6 Å². The van der Waals surface area contributed by atoms with Crippen molar-refractivity contribution in [1.82, 2.24) is 14.8 Å². The molecule has 0 radical (unpaired) electrons. The van der Waals surface area contributed by atoms with Crippen molar-refractivity contribution in [2.75, 3.05) is 13.1 Å². The summed E-state index contributed by atoms with van der Waals surface area (Å²) < 4.78 is 1.14. The summed E-state index contributed by atoms with van der Waals surface area (Å²) in [7, 11) is 0. The zero-order valence-electron chi connectivity index (χ0n) is 17.1. The zero-order chi connectivity index (χ0) is 20.7. The molecule has 3 atom stereocenters. The van der Waals surface area contributed by atoms with Crippen LogP contribution in [0.2, 0.25) is 0 Å². The van der Waals surface area contributed by atoms with Gasteiger partial charge in [0.15, 0.2) is 0 Å². The second-order valence-electron chi connectivity index (χ2n) is 8.69. The molecule has 0 bridgehead atoms. The summed E-state index contributed by atoms with van der Waals surface area (Å²) in [6.45, 7) is 0.930. The SMILES string of the molecule is O=C1[C@H]2CCCC[C@H]2C(=O)N1CCC(=O)N1CCCC[C@H]1c1nc2ccccc2s1. The van der Waals surface area contributed by atoms with Crippen LogP contribution >= 0.6 is 11.3 Å². The number of imide groups is 1. The first-order chi connectivity index (χ1) is 14.6. The van der Waals surface area contributed by atoms with Gasteiger partial charge in [0.05, 0.1) is 28.1 Å². The highest BCUT2D eigenvalue weighted by Gasteiger charge is 2.48. The number of nitrogens with zero attached hydrogens (tertiary/aromatic N) is 3. The predicted molar refractivity (Wildman–Crippen MR) is 115 cm³/mol. The van der Waals surface area contributed by atoms with Crippen LogP contribution in [0.25, 0.3) is 10.2 Å². The highest BCUT2D eigenvalue weighted by atomic mass is 32.1. The van der Waals surface area contributed by atoms with Crippen molar-refractivity contribution in [1.29, 1.82) is 0 Å². The Hall–Kier alpha value is -2.28. The Kier molecular flexibility index (Phi) is 5.31. The number of hydrogen-bond donors (Lipinski definition) is 0. The van der Waals surface area contributed by atoms with Gasteiger partial charge in [-0.25, -0.2) is 4.98 Å². The van der Waals surface area contributed by atoms with E-state index in [2.05, 4.69) is 6.07 Å². The number of likely N-dealkylation sites (tertiary alicyclic amines) is 2. The molecule has 1 aromatic carbocycles. The minimum absolute atomic E-state index is 0.00351. The van der Waals surface area contributed by atoms with Crippen molar-refractivity contribution in [2.24, 2.45) is 11.8 Å². The Morgan fingerprint density at radius 2 is 1.70 bits per heavy atom. The Bertz CT molecular complexity index is 930. The predicted octanol–water partition coefficient (Wildman–Crippen LogP) is 3.92. The van der Waals surface area contributed by atoms with E-state index in [4.69, 9.17) is 4.98 Å². The molecule has 0 spiro atoms. The molecule has 1 aliphatic carbocycles. The molecule has 5 rings (SSSR count). The second kappa shape index (κ2) is 8.10. The molecule has 1 saturated carbocycles. The summed E-state index contributed by atoms with van der Waals surface area (Å²) in [6, 6.07) is 8.06. The van der Waals surface area contributed by atoms with Crippen molar-refractivity contribution >= 4 is 39.3 Å². The van der Waals surface area contributed by atoms with E-state index < -0.39 is 0 Å². The van der Waals surface area contributed by atoms with Gasteiger partial charge in [-0.15, -0.1) is 11.3 Å². The van der Waals surface area contributed by atoms with Gasteiger partial charge in [-0.2, -0.15) is 0 Å². The molecule has 2 saturated heterocycles. The topological polar surface area (TPSA) is 70.6 Å². The number of hydrogen-bond acceptors (Lipinski definition) is 5. The van der Waals surface area contributed by atoms with E-state index in [1.54, 1.807) is 11.3 Å². The molecule has 0 unspecified atom stereocenters. The largest absolute Gasteiger partial charge is 0.333 e. The summed E-state index contributed by atoms with van der Waals surface area (Å²) in [5, 5.41) is 0.989. The van der Waals surface area contributed by atoms with Gasteiger partial charge < -0.3 is 4.90 Å². The molecule has 2 aromatic rings. The van der Waals surface area contributed by atoms with Gasteiger partial charge in [-0.05, 0) is 44.2 Å². The quantitative estimate of drug-likeness (QED) is 0.696. The average Bonchev–Trinajstić information content (AvgIpc) is 3.32. The lowest BCUT2D eigenvalue weighted by Crippen LogP contribution is -2.41. The molecule has 1 aromatic heterocycles. The maximum absolute atomic E-state index is 13.1. The number of thiazole rings is 1. The number of amides is 3. The molecule has 158 valence electrons. The number of aromatic nitrogens is 1. The smallest absolute Gasteiger partial charge is 0.233 e. The number of fused-ring (bicyclic) bond motifs is 2. The van der Waals surface area contributed by atoms with E-state index in [9.17, 15) is 14.4 Å². The minimum atomic E-state index is -0.146. The first kappa shape index (κ1) is 19.7. The van der Waals surface area contributed by atoms with Gasteiger partial charge in [0.1, 0.15) is 5.01 Å². The van der Waals surface area contributed by atoms with Crippen molar-refractivity contribution < 1.29 is 14.4 Å². The maximum atomic E-state index is 13.1. The van der Waals surface area contributed by atoms with Crippen molar-refractivity contribution in [3.63, 3.8) is 0 Å². The standard InChI is InChI=1S/C23H27N3O3S/c27-20(12-14-26-22(28)15-7-1-2-8-16(15)23(26)29)25-13-6-5-10-18(25)21-24-17-9-3-4-11-19(17)30-21/h3-4,9,11,15-16,18H,1-2,5-8,10,12-14H2/t15-,16+,18-/m0/s1. The Morgan fingerprint density at radius 3 is 2.43 bits per heavy atom. The molecule has 6 nitrogen and oxygen atoms in total. The van der Waals surface area contributed by atoms with Gasteiger partial charge in [-0.3, -0.25) is 19.3 Å². The number of carbonyl (C=O) groups is 3. The monoisotopic (exact) mass is 425 g/mol. The fourth-order valence-corrected chi connectivity index (χ4v) is 6.44. The molecular formula is C23H27N3O3S. The lowest BCUT2D eigenvalue weighted by molar-refractivity contribution is -0.141. The van der Waals surface area contributed by atoms with Crippen molar-refractivity contribution in [3.05, 3.63) is 29.3 Å². The van der Waals surface area contributed by atoms with Gasteiger partial charge in [0.2, 0.25) is 17.7 Å². The Balaban J connectivity index is 1.28. The normalized spacial score (nSPS) is 27.0. The molecule has 7 heteroatoms. The number of rotatable bonds is 4. The van der Waals surface area contributed by atoms with Crippen LogP contribution in [0.1, 0.15) is 62.4 Å². The molecule has 0 N–H and O–H groups in total. The van der Waals surface area contributed by atoms with Gasteiger partial charge >= 0.3 is 0 Å². The summed E-state index contributed by atoms with van der Waals surface area (Å²) in [4.78, 5) is 46.6. The number of piperidine rings is 1. The molecule has 3 fully saturated rings. The van der Waals surface area contributed by atoms with E-state index in [1.165, 1.54) is 4.90 Å². The lowest BCUT2D eigenvalue weighted by Gasteiger charge is -2.35. The van der Waals surface area contributed by atoms with E-state index in [0.29, 0.717) is 6.54 Å². The van der Waals surface area contributed by atoms with Crippen LogP contribution in [0.15, 0.2) is 24.3 Å². The van der Waals surface area contributed by atoms with E-state index >= 15 is 0 Å². The first-order valence-corrected chi connectivity index (χ1v) is 12.0. The van der Waals surface area contributed by atoms with Crippen LogP contribution in [0, 0.1) is 11.8 Å². The highest BCUT2D eigenvalue weighted by Crippen LogP contribution is 2.39. The van der Waals surface area contributed by atoms with Crippen LogP contribution in [0.3, 0.4) is 0 Å². The van der Waals surface area contributed by atoms with Crippen LogP contribution in [0.4, 0.5) is 0 Å². The molecule has 2 aliphatic heterocycles. The molecule has 3 heterocycles. The van der Waals surface area contributed by atoms with Gasteiger partial charge in [-0.1, -0.05) is 25.0 Å². The van der Waals surface area contributed by atoms with Gasteiger partial charge in [0.25, 0.3) is 0 Å². The summed E-state index contributed by atoms with van der Waals surface area (Å²) in [5.74, 6) is -0.383. The number of benzene rings is 1.